The molecular weight excluding hydrogens is 940 g/mol. The van der Waals surface area contributed by atoms with Crippen LogP contribution in [0.1, 0.15) is 82.5 Å². The number of ether oxygens (including phenoxy) is 2. The van der Waals surface area contributed by atoms with Gasteiger partial charge in [-0.25, -0.2) is 19.9 Å². The van der Waals surface area contributed by atoms with Crippen LogP contribution in [0.5, 0.6) is 11.5 Å². The number of carbonyl (C=O) groups is 2. The Hall–Kier alpha value is -7.29. The molecule has 0 atom stereocenters. The van der Waals surface area contributed by atoms with Crippen molar-refractivity contribution in [2.45, 2.75) is 63.5 Å². The van der Waals surface area contributed by atoms with Gasteiger partial charge in [-0.2, -0.15) is 0 Å². The van der Waals surface area contributed by atoms with Crippen molar-refractivity contribution in [2.24, 2.45) is 0 Å². The Labute approximate surface area is 386 Å². The summed E-state index contributed by atoms with van der Waals surface area (Å²) in [5, 5.41) is 22.1. The summed E-state index contributed by atoms with van der Waals surface area (Å²) >= 11 is 2.18. The summed E-state index contributed by atoms with van der Waals surface area (Å²) in [6.45, 7) is 2.33. The predicted molar refractivity (Wildman–Crippen MR) is 248 cm³/mol. The fraction of sp³-hybridized carbons (Fsp3) is 0.261. The van der Waals surface area contributed by atoms with Crippen LogP contribution in [-0.2, 0) is 13.1 Å². The van der Waals surface area contributed by atoms with Gasteiger partial charge in [0.2, 0.25) is 0 Å². The van der Waals surface area contributed by atoms with Crippen LogP contribution in [0.15, 0.2) is 110 Å². The molecule has 19 heteroatoms. The number of nitrogens with one attached hydrogen (secondary N) is 3. The number of pyridine rings is 2. The van der Waals surface area contributed by atoms with Gasteiger partial charge in [-0.1, -0.05) is 12.1 Å². The van der Waals surface area contributed by atoms with Gasteiger partial charge in [0.1, 0.15) is 47.2 Å². The number of benzene rings is 2. The highest BCUT2D eigenvalue weighted by Crippen LogP contribution is 2.39. The second kappa shape index (κ2) is 18.8. The van der Waals surface area contributed by atoms with E-state index in [1.165, 1.54) is 31.4 Å². The van der Waals surface area contributed by atoms with Gasteiger partial charge < -0.3 is 38.8 Å². The molecule has 0 spiro atoms. The molecule has 4 bridgehead atoms. The van der Waals surface area contributed by atoms with Crippen LogP contribution >= 0.6 is 22.6 Å². The molecule has 0 saturated heterocycles. The number of aryl methyl sites for hydroxylation is 2. The van der Waals surface area contributed by atoms with E-state index >= 15 is 0 Å². The second-order valence-electron chi connectivity index (χ2n) is 15.9. The van der Waals surface area contributed by atoms with Crippen LogP contribution in [0.3, 0.4) is 0 Å². The number of anilines is 2. The van der Waals surface area contributed by atoms with Crippen LogP contribution in [-0.4, -0.2) is 84.0 Å². The van der Waals surface area contributed by atoms with Crippen LogP contribution in [0.4, 0.5) is 11.6 Å². The molecule has 12 rings (SSSR count). The standard InChI is InChI=1S/C23H21N7O2.C17H14IN5O2.C6H8N2/c31-23-17-11-16(30-12-19(24-13-30)15-5-6-15)7-8-20(17)32-10-2-9-29-14-25-28-22(29)18-3-1-4-21(26-18)27-23;18-11-5-6-14-12(9-11)17(24)21-15-4-1-3-13(20-15)16-22-19-10-23(16)7-2-8-25-14;1-2-5(1)6-3-7-4-8-6/h1,3-4,7-8,11-15H,2,5-6,9-10H2,(H,26,27,31);1,3-6,9-10H,2,7-8H2,(H,20,21,24);3-5H,1-2H2,(H,7,8). The lowest BCUT2D eigenvalue weighted by Crippen LogP contribution is -2.15. The molecule has 0 radical (unpaired) electrons. The zero-order valence-electron chi connectivity index (χ0n) is 35.0. The quantitative estimate of drug-likeness (QED) is 0.146. The fourth-order valence-corrected chi connectivity index (χ4v) is 7.92. The molecule has 2 amide bonds. The van der Waals surface area contributed by atoms with E-state index in [1.807, 2.05) is 86.8 Å². The fourth-order valence-electron chi connectivity index (χ4n) is 7.43. The van der Waals surface area contributed by atoms with E-state index in [0.29, 0.717) is 89.5 Å². The number of halogens is 1. The zero-order chi connectivity index (χ0) is 44.1. The van der Waals surface area contributed by atoms with Gasteiger partial charge in [0.05, 0.1) is 42.7 Å². The number of hydrogen-bond donors (Lipinski definition) is 3. The molecule has 8 aromatic rings. The van der Waals surface area contributed by atoms with Crippen LogP contribution in [0, 0.1) is 3.57 Å². The molecule has 2 fully saturated rings. The molecule has 2 aliphatic carbocycles. The van der Waals surface area contributed by atoms with Gasteiger partial charge in [0.25, 0.3) is 11.8 Å². The zero-order valence-corrected chi connectivity index (χ0v) is 37.2. The SMILES string of the molecule is O=C1Nc2cccc(n2)-c2nncn2CCCOc2ccc(-n3cnc(C4CC4)c3)cc21.O=C1Nc2cccc(n2)-c2nncn2CCCOc2ccc(I)cc21.c1ncc(C2CC2)[nH]1. The van der Waals surface area contributed by atoms with Crippen molar-refractivity contribution in [1.82, 2.24) is 59.0 Å². The molecule has 4 aliphatic rings. The minimum atomic E-state index is -0.283. The normalized spacial score (nSPS) is 15.6. The lowest BCUT2D eigenvalue weighted by atomic mass is 10.1. The second-order valence-corrected chi connectivity index (χ2v) is 17.2. The largest absolute Gasteiger partial charge is 0.493 e. The highest BCUT2D eigenvalue weighted by atomic mass is 127. The van der Waals surface area contributed by atoms with Gasteiger partial charge in [0, 0.05) is 52.3 Å². The number of amides is 2. The molecule has 65 heavy (non-hydrogen) atoms. The van der Waals surface area contributed by atoms with E-state index in [9.17, 15) is 9.59 Å². The first-order valence-electron chi connectivity index (χ1n) is 21.5. The molecule has 6 aromatic heterocycles. The number of rotatable bonds is 3. The van der Waals surface area contributed by atoms with Crippen molar-refractivity contribution >= 4 is 46.0 Å². The number of imidazole rings is 2. The van der Waals surface area contributed by atoms with Crippen molar-refractivity contribution in [1.29, 1.82) is 0 Å². The maximum Gasteiger partial charge on any atom is 0.260 e. The van der Waals surface area contributed by atoms with E-state index in [1.54, 1.807) is 37.4 Å². The lowest BCUT2D eigenvalue weighted by Gasteiger charge is -2.13. The van der Waals surface area contributed by atoms with Crippen LogP contribution in [0.25, 0.3) is 28.7 Å². The van der Waals surface area contributed by atoms with Crippen LogP contribution < -0.4 is 20.1 Å². The van der Waals surface area contributed by atoms with Gasteiger partial charge >= 0.3 is 0 Å². The maximum atomic E-state index is 13.2. The minimum absolute atomic E-state index is 0.251. The average molecular weight is 983 g/mol. The van der Waals surface area contributed by atoms with E-state index in [0.717, 1.165) is 33.7 Å². The summed E-state index contributed by atoms with van der Waals surface area (Å²) in [7, 11) is 0. The van der Waals surface area contributed by atoms with Crippen molar-refractivity contribution in [2.75, 3.05) is 23.8 Å². The van der Waals surface area contributed by atoms with Crippen molar-refractivity contribution in [3.63, 3.8) is 0 Å². The third-order valence-corrected chi connectivity index (χ3v) is 11.8. The minimum Gasteiger partial charge on any atom is -0.493 e. The van der Waals surface area contributed by atoms with Crippen LogP contribution in [0.2, 0.25) is 0 Å². The molecule has 0 unspecified atom stereocenters. The highest BCUT2D eigenvalue weighted by molar-refractivity contribution is 14.1. The smallest absolute Gasteiger partial charge is 0.260 e. The number of aromatic nitrogens is 12. The van der Waals surface area contributed by atoms with Gasteiger partial charge in [-0.15, -0.1) is 20.4 Å². The van der Waals surface area contributed by atoms with Crippen molar-refractivity contribution < 1.29 is 19.1 Å². The molecule has 3 N–H and O–H groups in total. The molecule has 328 valence electrons. The summed E-state index contributed by atoms with van der Waals surface area (Å²) in [6, 6.07) is 22.1. The summed E-state index contributed by atoms with van der Waals surface area (Å²) in [5.74, 6) is 4.18. The summed E-state index contributed by atoms with van der Waals surface area (Å²) < 4.78 is 18.6. The molecular formula is C46H43IN14O4. The number of aromatic amines is 1. The summed E-state index contributed by atoms with van der Waals surface area (Å²) in [6.07, 6.45) is 17.4. The number of nitrogens with zero attached hydrogens (tertiary/aromatic N) is 11. The van der Waals surface area contributed by atoms with E-state index in [-0.39, 0.29) is 11.8 Å². The van der Waals surface area contributed by atoms with E-state index in [4.69, 9.17) is 9.47 Å². The number of hydrogen-bond acceptors (Lipinski definition) is 12. The Morgan fingerprint density at radius 2 is 1.28 bits per heavy atom. The van der Waals surface area contributed by atoms with E-state index in [2.05, 4.69) is 78.5 Å². The predicted octanol–water partition coefficient (Wildman–Crippen LogP) is 7.70. The Morgan fingerprint density at radius 1 is 0.677 bits per heavy atom. The summed E-state index contributed by atoms with van der Waals surface area (Å²) in [5.41, 5.74) is 5.54. The first-order chi connectivity index (χ1) is 31.9. The Kier molecular flexibility index (Phi) is 12.1. The summed E-state index contributed by atoms with van der Waals surface area (Å²) in [4.78, 5) is 46.5. The van der Waals surface area contributed by atoms with Gasteiger partial charge in [-0.05, 0) is 122 Å². The van der Waals surface area contributed by atoms with Gasteiger partial charge in [0.15, 0.2) is 11.6 Å². The highest BCUT2D eigenvalue weighted by Gasteiger charge is 2.27. The first-order valence-corrected chi connectivity index (χ1v) is 22.5. The lowest BCUT2D eigenvalue weighted by molar-refractivity contribution is 0.101. The molecule has 18 nitrogen and oxygen atoms in total. The van der Waals surface area contributed by atoms with Gasteiger partial charge in [-0.3, -0.25) is 9.59 Å². The molecule has 8 heterocycles. The molecule has 2 aromatic carbocycles. The number of H-pyrrole nitrogens is 1. The average Bonchev–Trinajstić information content (AvgIpc) is 4.05. The van der Waals surface area contributed by atoms with Crippen molar-refractivity contribution in [3.8, 4) is 40.2 Å². The van der Waals surface area contributed by atoms with E-state index < -0.39 is 0 Å². The monoisotopic (exact) mass is 982 g/mol. The molecule has 2 aliphatic heterocycles. The Morgan fingerprint density at radius 3 is 1.86 bits per heavy atom. The topological polar surface area (TPSA) is 210 Å². The Balaban J connectivity index is 0.000000133. The third-order valence-electron chi connectivity index (χ3n) is 11.1. The number of fused-ring (bicyclic) bond motifs is 10. The maximum absolute atomic E-state index is 13.2. The first kappa shape index (κ1) is 41.7. The number of carbonyl (C=O) groups excluding carboxylic acids is 2. The third kappa shape index (κ3) is 9.94. The Bertz CT molecular complexity index is 2950. The molecule has 2 saturated carbocycles. The van der Waals surface area contributed by atoms with Crippen molar-refractivity contribution in [3.05, 3.63) is 137 Å².